The second-order valence-corrected chi connectivity index (χ2v) is 6.04. The molecule has 2 aliphatic rings. The van der Waals surface area contributed by atoms with Crippen LogP contribution in [0.3, 0.4) is 0 Å². The molecule has 3 heterocycles. The third-order valence-electron chi connectivity index (χ3n) is 4.43. The number of amides is 1. The van der Waals surface area contributed by atoms with Crippen molar-refractivity contribution in [3.8, 4) is 6.07 Å². The van der Waals surface area contributed by atoms with Crippen LogP contribution in [0.5, 0.6) is 0 Å². The molecular formula is C16H23N5O4. The molecule has 1 aromatic rings. The van der Waals surface area contributed by atoms with E-state index in [4.69, 9.17) is 19.9 Å². The molecule has 1 amide bonds. The average Bonchev–Trinajstić information content (AvgIpc) is 3.25. The van der Waals surface area contributed by atoms with E-state index >= 15 is 0 Å². The molecule has 0 spiro atoms. The highest BCUT2D eigenvalue weighted by Gasteiger charge is 2.35. The molecule has 0 bridgehead atoms. The fourth-order valence-corrected chi connectivity index (χ4v) is 3.03. The summed E-state index contributed by atoms with van der Waals surface area (Å²) in [6, 6.07) is 3.79. The Kier molecular flexibility index (Phi) is 6.94. The van der Waals surface area contributed by atoms with Crippen LogP contribution in [-0.2, 0) is 9.53 Å². The number of rotatable bonds is 3. The number of ether oxygens (including phenoxy) is 1. The zero-order chi connectivity index (χ0) is 18.2. The Morgan fingerprint density at radius 2 is 2.12 bits per heavy atom. The van der Waals surface area contributed by atoms with E-state index < -0.39 is 0 Å². The maximum absolute atomic E-state index is 12.3. The standard InChI is InChI=1S/C15H21N5O2.CH2O2/c1-19-2-4-20(5-3-19)14-10-22-9-13(14)18-15(21)12-6-11(7-16)8-17-12;2-1-3/h6,8,13-14,17H,2-5,9-10H2,1H3,(H,18,21);1H,(H,2,3)/t13-,14-;/m0./s1. The smallest absolute Gasteiger partial charge is 0.290 e. The Hall–Kier alpha value is -2.41. The fourth-order valence-electron chi connectivity index (χ4n) is 3.03. The van der Waals surface area contributed by atoms with Crippen molar-refractivity contribution >= 4 is 12.4 Å². The molecule has 2 aliphatic heterocycles. The minimum atomic E-state index is -0.250. The lowest BCUT2D eigenvalue weighted by molar-refractivity contribution is -0.122. The number of piperazine rings is 1. The maximum atomic E-state index is 12.3. The molecule has 9 nitrogen and oxygen atoms in total. The molecule has 3 N–H and O–H groups in total. The zero-order valence-corrected chi connectivity index (χ0v) is 14.1. The summed E-state index contributed by atoms with van der Waals surface area (Å²) in [5, 5.41) is 18.7. The van der Waals surface area contributed by atoms with Gasteiger partial charge in [0.15, 0.2) is 0 Å². The van der Waals surface area contributed by atoms with Gasteiger partial charge in [-0.2, -0.15) is 5.26 Å². The first-order valence-corrected chi connectivity index (χ1v) is 8.06. The number of aromatic nitrogens is 1. The number of aromatic amines is 1. The van der Waals surface area contributed by atoms with Crippen LogP contribution < -0.4 is 5.32 Å². The summed E-state index contributed by atoms with van der Waals surface area (Å²) in [5.74, 6) is -0.184. The summed E-state index contributed by atoms with van der Waals surface area (Å²) >= 11 is 0. The Morgan fingerprint density at radius 3 is 2.72 bits per heavy atom. The van der Waals surface area contributed by atoms with E-state index in [2.05, 4.69) is 27.1 Å². The first-order chi connectivity index (χ1) is 12.1. The molecule has 1 aromatic heterocycles. The van der Waals surface area contributed by atoms with Crippen LogP contribution in [0.2, 0.25) is 0 Å². The molecule has 0 unspecified atom stereocenters. The lowest BCUT2D eigenvalue weighted by Crippen LogP contribution is -2.56. The lowest BCUT2D eigenvalue weighted by Gasteiger charge is -2.38. The van der Waals surface area contributed by atoms with Gasteiger partial charge in [0.2, 0.25) is 0 Å². The summed E-state index contributed by atoms with van der Waals surface area (Å²) in [7, 11) is 2.12. The third kappa shape index (κ3) is 5.03. The largest absolute Gasteiger partial charge is 0.483 e. The number of H-pyrrole nitrogens is 1. The minimum Gasteiger partial charge on any atom is -0.483 e. The van der Waals surface area contributed by atoms with Gasteiger partial charge in [0.25, 0.3) is 12.4 Å². The summed E-state index contributed by atoms with van der Waals surface area (Å²) < 4.78 is 5.58. The molecular weight excluding hydrogens is 326 g/mol. The van der Waals surface area contributed by atoms with Crippen LogP contribution >= 0.6 is 0 Å². The molecule has 2 saturated heterocycles. The van der Waals surface area contributed by atoms with E-state index in [1.807, 2.05) is 6.07 Å². The van der Waals surface area contributed by atoms with Crippen LogP contribution in [0.15, 0.2) is 12.3 Å². The van der Waals surface area contributed by atoms with Gasteiger partial charge in [-0.05, 0) is 13.1 Å². The van der Waals surface area contributed by atoms with E-state index in [1.54, 1.807) is 6.07 Å². The van der Waals surface area contributed by atoms with Gasteiger partial charge >= 0.3 is 0 Å². The topological polar surface area (TPSA) is 122 Å². The Labute approximate surface area is 146 Å². The predicted octanol–water partition coefficient (Wildman–Crippen LogP) is -0.668. The van der Waals surface area contributed by atoms with Crippen LogP contribution in [-0.4, -0.2) is 90.8 Å². The lowest BCUT2D eigenvalue weighted by atomic mass is 10.1. The van der Waals surface area contributed by atoms with Crippen molar-refractivity contribution in [2.45, 2.75) is 12.1 Å². The van der Waals surface area contributed by atoms with E-state index in [0.717, 1.165) is 26.2 Å². The summed E-state index contributed by atoms with van der Waals surface area (Å²) in [5.41, 5.74) is 0.879. The van der Waals surface area contributed by atoms with Gasteiger partial charge in [-0.15, -0.1) is 0 Å². The van der Waals surface area contributed by atoms with Gasteiger partial charge < -0.3 is 25.0 Å². The maximum Gasteiger partial charge on any atom is 0.290 e. The quantitative estimate of drug-likeness (QED) is 0.619. The van der Waals surface area contributed by atoms with Crippen molar-refractivity contribution in [2.75, 3.05) is 46.4 Å². The molecule has 25 heavy (non-hydrogen) atoms. The van der Waals surface area contributed by atoms with Crippen LogP contribution in [0.1, 0.15) is 16.1 Å². The predicted molar refractivity (Wildman–Crippen MR) is 89.1 cm³/mol. The molecule has 0 saturated carbocycles. The monoisotopic (exact) mass is 349 g/mol. The number of carbonyl (C=O) groups excluding carboxylic acids is 1. The van der Waals surface area contributed by atoms with Crippen molar-refractivity contribution in [2.24, 2.45) is 0 Å². The Bertz CT molecular complexity index is 618. The molecule has 3 rings (SSSR count). The number of nitrogens with zero attached hydrogens (tertiary/aromatic N) is 3. The highest BCUT2D eigenvalue weighted by molar-refractivity contribution is 5.93. The van der Waals surface area contributed by atoms with Crippen LogP contribution in [0.4, 0.5) is 0 Å². The number of likely N-dealkylation sites (N-methyl/N-ethyl adjacent to an activating group) is 1. The normalized spacial score (nSPS) is 24.0. The second-order valence-electron chi connectivity index (χ2n) is 6.04. The first-order valence-electron chi connectivity index (χ1n) is 8.06. The van der Waals surface area contributed by atoms with E-state index in [0.29, 0.717) is 24.5 Å². The summed E-state index contributed by atoms with van der Waals surface area (Å²) in [6.45, 7) is 5.02. The third-order valence-corrected chi connectivity index (χ3v) is 4.43. The van der Waals surface area contributed by atoms with Gasteiger partial charge in [0, 0.05) is 32.4 Å². The molecule has 0 aliphatic carbocycles. The fraction of sp³-hybridized carbons (Fsp3) is 0.562. The summed E-state index contributed by atoms with van der Waals surface area (Å²) in [6.07, 6.45) is 1.54. The van der Waals surface area contributed by atoms with Gasteiger partial charge in [-0.1, -0.05) is 0 Å². The average molecular weight is 349 g/mol. The number of hydrogen-bond acceptors (Lipinski definition) is 6. The van der Waals surface area contributed by atoms with Crippen molar-refractivity contribution in [3.05, 3.63) is 23.5 Å². The number of hydrogen-bond donors (Lipinski definition) is 3. The highest BCUT2D eigenvalue weighted by atomic mass is 16.5. The van der Waals surface area contributed by atoms with Gasteiger partial charge in [0.05, 0.1) is 30.9 Å². The number of carbonyl (C=O) groups is 2. The van der Waals surface area contributed by atoms with Crippen molar-refractivity contribution in [1.29, 1.82) is 5.26 Å². The Morgan fingerprint density at radius 1 is 1.44 bits per heavy atom. The summed E-state index contributed by atoms with van der Waals surface area (Å²) in [4.78, 5) is 28.2. The SMILES string of the molecule is CN1CCN([C@H]2COC[C@@H]2NC(=O)c2cc(C#N)c[nH]2)CC1.O=CO. The van der Waals surface area contributed by atoms with E-state index in [-0.39, 0.29) is 24.5 Å². The van der Waals surface area contributed by atoms with Crippen molar-refractivity contribution in [3.63, 3.8) is 0 Å². The van der Waals surface area contributed by atoms with E-state index in [1.165, 1.54) is 6.20 Å². The number of nitriles is 1. The molecule has 9 heteroatoms. The molecule has 0 radical (unpaired) electrons. The minimum absolute atomic E-state index is 0.00950. The van der Waals surface area contributed by atoms with Gasteiger partial charge in [-0.25, -0.2) is 0 Å². The molecule has 2 fully saturated rings. The van der Waals surface area contributed by atoms with Crippen LogP contribution in [0, 0.1) is 11.3 Å². The molecule has 0 aromatic carbocycles. The Balaban J connectivity index is 0.000000701. The van der Waals surface area contributed by atoms with Crippen molar-refractivity contribution in [1.82, 2.24) is 20.1 Å². The first kappa shape index (κ1) is 18.9. The van der Waals surface area contributed by atoms with E-state index in [9.17, 15) is 4.79 Å². The zero-order valence-electron chi connectivity index (χ0n) is 14.1. The van der Waals surface area contributed by atoms with Crippen LogP contribution in [0.25, 0.3) is 0 Å². The second kappa shape index (κ2) is 9.17. The number of carboxylic acid groups (broad SMARTS) is 1. The van der Waals surface area contributed by atoms with Crippen molar-refractivity contribution < 1.29 is 19.4 Å². The number of nitrogens with one attached hydrogen (secondary N) is 2. The molecule has 2 atom stereocenters. The van der Waals surface area contributed by atoms with Gasteiger partial charge in [0.1, 0.15) is 11.8 Å². The highest BCUT2D eigenvalue weighted by Crippen LogP contribution is 2.16. The molecule has 136 valence electrons. The van der Waals surface area contributed by atoms with Gasteiger partial charge in [-0.3, -0.25) is 14.5 Å².